The van der Waals surface area contributed by atoms with Crippen LogP contribution in [0.4, 0.5) is 26.7 Å². The maximum absolute atomic E-state index is 14.8. The number of amides is 3. The number of urea groups is 1. The molecule has 0 spiro atoms. The summed E-state index contributed by atoms with van der Waals surface area (Å²) in [7, 11) is 0. The van der Waals surface area contributed by atoms with Crippen molar-refractivity contribution in [3.63, 3.8) is 0 Å². The molecule has 3 aromatic carbocycles. The SMILES string of the molecule is [CH]c1ccc(CN(CCCN2CCC(C)CC2)C(=O)N(c2cccc(OCC)c2)c2ccccc2NC(=O)OC(C)(C)C)cc1. The Morgan fingerprint density at radius 3 is 2.40 bits per heavy atom. The molecule has 240 valence electrons. The molecule has 0 saturated carbocycles. The van der Waals surface area contributed by atoms with E-state index in [1.165, 1.54) is 12.8 Å². The van der Waals surface area contributed by atoms with Gasteiger partial charge in [0.05, 0.1) is 23.7 Å². The number of ether oxygens (including phenoxy) is 2. The number of likely N-dealkylation sites (tertiary alicyclic amines) is 1. The lowest BCUT2D eigenvalue weighted by atomic mass is 9.99. The van der Waals surface area contributed by atoms with Gasteiger partial charge in [0.15, 0.2) is 0 Å². The molecule has 8 nitrogen and oxygen atoms in total. The van der Waals surface area contributed by atoms with Crippen LogP contribution in [0.5, 0.6) is 5.75 Å². The van der Waals surface area contributed by atoms with Gasteiger partial charge in [-0.1, -0.05) is 49.4 Å². The molecule has 3 amide bonds. The topological polar surface area (TPSA) is 74.4 Å². The summed E-state index contributed by atoms with van der Waals surface area (Å²) >= 11 is 0. The Morgan fingerprint density at radius 1 is 1.00 bits per heavy atom. The van der Waals surface area contributed by atoms with E-state index in [1.807, 2.05) is 99.3 Å². The van der Waals surface area contributed by atoms with E-state index in [0.717, 1.165) is 37.5 Å². The van der Waals surface area contributed by atoms with Crippen molar-refractivity contribution in [1.29, 1.82) is 0 Å². The van der Waals surface area contributed by atoms with Gasteiger partial charge in [-0.25, -0.2) is 9.59 Å². The molecule has 8 heteroatoms. The Kier molecular flexibility index (Phi) is 11.9. The molecule has 1 aliphatic rings. The Labute approximate surface area is 269 Å². The first kappa shape index (κ1) is 33.8. The molecule has 1 fully saturated rings. The highest BCUT2D eigenvalue weighted by Crippen LogP contribution is 2.35. The number of anilines is 3. The molecule has 1 saturated heterocycles. The van der Waals surface area contributed by atoms with Crippen molar-refractivity contribution in [3.05, 3.63) is 90.8 Å². The lowest BCUT2D eigenvalue weighted by molar-refractivity contribution is 0.0636. The predicted molar refractivity (Wildman–Crippen MR) is 181 cm³/mol. The molecule has 1 heterocycles. The van der Waals surface area contributed by atoms with E-state index in [-0.39, 0.29) is 6.03 Å². The van der Waals surface area contributed by atoms with Crippen molar-refractivity contribution < 1.29 is 19.1 Å². The van der Waals surface area contributed by atoms with Crippen LogP contribution in [0.25, 0.3) is 0 Å². The Morgan fingerprint density at radius 2 is 1.71 bits per heavy atom. The van der Waals surface area contributed by atoms with E-state index in [0.29, 0.717) is 48.1 Å². The monoisotopic (exact) mass is 612 g/mol. The highest BCUT2D eigenvalue weighted by Gasteiger charge is 2.28. The third kappa shape index (κ3) is 10.2. The van der Waals surface area contributed by atoms with Gasteiger partial charge in [-0.2, -0.15) is 0 Å². The Bertz CT molecular complexity index is 1390. The van der Waals surface area contributed by atoms with Crippen LogP contribution in [0, 0.1) is 12.8 Å². The second kappa shape index (κ2) is 15.8. The van der Waals surface area contributed by atoms with Crippen molar-refractivity contribution in [2.24, 2.45) is 5.92 Å². The number of hydrogen-bond acceptors (Lipinski definition) is 5. The zero-order valence-corrected chi connectivity index (χ0v) is 27.4. The van der Waals surface area contributed by atoms with Crippen molar-refractivity contribution in [3.8, 4) is 5.75 Å². The summed E-state index contributed by atoms with van der Waals surface area (Å²) in [6.07, 6.45) is 2.65. The van der Waals surface area contributed by atoms with Gasteiger partial charge in [-0.3, -0.25) is 10.2 Å². The lowest BCUT2D eigenvalue weighted by Gasteiger charge is -2.34. The minimum absolute atomic E-state index is 0.217. The molecule has 4 rings (SSSR count). The van der Waals surface area contributed by atoms with Crippen LogP contribution in [0.15, 0.2) is 72.8 Å². The standard InChI is InChI=1S/C37H48N4O4/c1-7-44-32-13-10-12-31(26-32)41(34-15-9-8-14-33(34)38-35(42)45-37(4,5)6)36(43)40(27-30-18-16-28(2)17-19-30)23-11-22-39-24-20-29(3)21-25-39/h2,8-10,12-19,26,29H,7,11,20-25,27H2,1,3-6H3,(H,38,42). The Balaban J connectivity index is 1.70. The third-order valence-electron chi connectivity index (χ3n) is 7.76. The molecule has 3 aromatic rings. The quantitative estimate of drug-likeness (QED) is 0.236. The van der Waals surface area contributed by atoms with Crippen LogP contribution in [-0.2, 0) is 11.3 Å². The smallest absolute Gasteiger partial charge is 0.412 e. The normalized spacial score (nSPS) is 14.1. The number of carbonyl (C=O) groups excluding carboxylic acids is 2. The minimum Gasteiger partial charge on any atom is -0.494 e. The Hall–Kier alpha value is -4.04. The van der Waals surface area contributed by atoms with E-state index >= 15 is 0 Å². The van der Waals surface area contributed by atoms with Crippen molar-refractivity contribution in [2.45, 2.75) is 66.0 Å². The van der Waals surface area contributed by atoms with Crippen LogP contribution >= 0.6 is 0 Å². The fourth-order valence-electron chi connectivity index (χ4n) is 5.42. The van der Waals surface area contributed by atoms with Gasteiger partial charge in [0.2, 0.25) is 0 Å². The average Bonchev–Trinajstić information content (AvgIpc) is 2.99. The largest absolute Gasteiger partial charge is 0.494 e. The van der Waals surface area contributed by atoms with Crippen LogP contribution < -0.4 is 15.0 Å². The molecule has 1 aliphatic heterocycles. The summed E-state index contributed by atoms with van der Waals surface area (Å²) < 4.78 is 11.4. The van der Waals surface area contributed by atoms with Gasteiger partial charge in [0.25, 0.3) is 0 Å². The minimum atomic E-state index is -0.678. The first-order chi connectivity index (χ1) is 21.5. The number of hydrogen-bond donors (Lipinski definition) is 1. The summed E-state index contributed by atoms with van der Waals surface area (Å²) in [5.41, 5.74) is 2.57. The fraction of sp³-hybridized carbons (Fsp3) is 0.432. The summed E-state index contributed by atoms with van der Waals surface area (Å²) in [6.45, 7) is 20.2. The summed E-state index contributed by atoms with van der Waals surface area (Å²) in [5.74, 6) is 1.41. The van der Waals surface area contributed by atoms with Crippen molar-refractivity contribution >= 4 is 29.2 Å². The van der Waals surface area contributed by atoms with Crippen LogP contribution in [0.2, 0.25) is 0 Å². The van der Waals surface area contributed by atoms with E-state index in [2.05, 4.69) is 17.1 Å². The number of carbonyl (C=O) groups is 2. The molecule has 0 aliphatic carbocycles. The molecular formula is C37H48N4O4. The van der Waals surface area contributed by atoms with E-state index in [4.69, 9.17) is 16.4 Å². The molecule has 0 unspecified atom stereocenters. The van der Waals surface area contributed by atoms with E-state index < -0.39 is 11.7 Å². The summed E-state index contributed by atoms with van der Waals surface area (Å²) in [6, 6.07) is 22.1. The number of nitrogens with one attached hydrogen (secondary N) is 1. The highest BCUT2D eigenvalue weighted by molar-refractivity contribution is 6.04. The lowest BCUT2D eigenvalue weighted by Crippen LogP contribution is -2.42. The van der Waals surface area contributed by atoms with Gasteiger partial charge in [0.1, 0.15) is 11.4 Å². The van der Waals surface area contributed by atoms with Gasteiger partial charge >= 0.3 is 12.1 Å². The molecule has 45 heavy (non-hydrogen) atoms. The van der Waals surface area contributed by atoms with E-state index in [9.17, 15) is 9.59 Å². The first-order valence-electron chi connectivity index (χ1n) is 16.0. The fourth-order valence-corrected chi connectivity index (χ4v) is 5.42. The zero-order valence-electron chi connectivity index (χ0n) is 27.4. The van der Waals surface area contributed by atoms with Gasteiger partial charge in [-0.15, -0.1) is 0 Å². The molecular weight excluding hydrogens is 564 g/mol. The number of piperidine rings is 1. The third-order valence-corrected chi connectivity index (χ3v) is 7.76. The van der Waals surface area contributed by atoms with Crippen molar-refractivity contribution in [1.82, 2.24) is 9.80 Å². The maximum Gasteiger partial charge on any atom is 0.412 e. The molecule has 0 aromatic heterocycles. The molecule has 0 bridgehead atoms. The number of nitrogens with zero attached hydrogens (tertiary/aromatic N) is 3. The number of benzene rings is 3. The number of rotatable bonds is 11. The maximum atomic E-state index is 14.8. The zero-order chi connectivity index (χ0) is 32.4. The first-order valence-corrected chi connectivity index (χ1v) is 16.0. The van der Waals surface area contributed by atoms with Crippen LogP contribution in [0.1, 0.15) is 65.0 Å². The van der Waals surface area contributed by atoms with E-state index in [1.54, 1.807) is 11.0 Å². The predicted octanol–water partition coefficient (Wildman–Crippen LogP) is 8.37. The molecule has 0 atom stereocenters. The molecule has 2 radical (unpaired) electrons. The van der Waals surface area contributed by atoms with Gasteiger partial charge < -0.3 is 19.3 Å². The average molecular weight is 613 g/mol. The summed E-state index contributed by atoms with van der Waals surface area (Å²) in [4.78, 5) is 33.7. The second-order valence-corrected chi connectivity index (χ2v) is 12.7. The second-order valence-electron chi connectivity index (χ2n) is 12.7. The van der Waals surface area contributed by atoms with Crippen molar-refractivity contribution in [2.75, 3.05) is 43.0 Å². The summed E-state index contributed by atoms with van der Waals surface area (Å²) in [5, 5.41) is 2.87. The van der Waals surface area contributed by atoms with Gasteiger partial charge in [0, 0.05) is 19.2 Å². The van der Waals surface area contributed by atoms with Crippen LogP contribution in [0.3, 0.4) is 0 Å². The number of para-hydroxylation sites is 2. The molecule has 1 N–H and O–H groups in total. The highest BCUT2D eigenvalue weighted by atomic mass is 16.6. The van der Waals surface area contributed by atoms with Crippen LogP contribution in [-0.4, -0.2) is 60.3 Å². The van der Waals surface area contributed by atoms with Gasteiger partial charge in [-0.05, 0) is 115 Å².